The van der Waals surface area contributed by atoms with Crippen LogP contribution in [0.2, 0.25) is 0 Å². The summed E-state index contributed by atoms with van der Waals surface area (Å²) in [7, 11) is 2.18. The summed E-state index contributed by atoms with van der Waals surface area (Å²) < 4.78 is 0. The molecule has 0 spiro atoms. The Balaban J connectivity index is 1.92. The second-order valence-electron chi connectivity index (χ2n) is 6.61. The van der Waals surface area contributed by atoms with Crippen molar-refractivity contribution < 1.29 is 9.90 Å². The minimum Gasteiger partial charge on any atom is -0.478 e. The zero-order chi connectivity index (χ0) is 15.4. The molecule has 0 amide bonds. The fourth-order valence-electron chi connectivity index (χ4n) is 3.35. The van der Waals surface area contributed by atoms with Crippen LogP contribution in [0, 0.1) is 11.8 Å². The van der Waals surface area contributed by atoms with Crippen LogP contribution in [0.4, 0.5) is 0 Å². The third kappa shape index (κ3) is 4.07. The molecule has 1 aliphatic rings. The summed E-state index contributed by atoms with van der Waals surface area (Å²) in [5, 5.41) is 9.23. The molecule has 0 saturated heterocycles. The maximum absolute atomic E-state index is 11.2. The van der Waals surface area contributed by atoms with Crippen LogP contribution in [0.15, 0.2) is 24.3 Å². The first-order chi connectivity index (χ1) is 9.99. The van der Waals surface area contributed by atoms with Crippen LogP contribution in [0.25, 0.3) is 0 Å². The Morgan fingerprint density at radius 2 is 1.95 bits per heavy atom. The Morgan fingerprint density at radius 3 is 2.62 bits per heavy atom. The van der Waals surface area contributed by atoms with E-state index in [1.165, 1.54) is 19.3 Å². The lowest BCUT2D eigenvalue weighted by Crippen LogP contribution is -2.38. The van der Waals surface area contributed by atoms with Gasteiger partial charge in [-0.2, -0.15) is 0 Å². The van der Waals surface area contributed by atoms with Gasteiger partial charge in [-0.05, 0) is 56.2 Å². The Bertz CT molecular complexity index is 486. The van der Waals surface area contributed by atoms with E-state index < -0.39 is 5.97 Å². The van der Waals surface area contributed by atoms with Crippen molar-refractivity contribution in [2.45, 2.75) is 45.6 Å². The first-order valence-corrected chi connectivity index (χ1v) is 8.00. The number of nitrogens with zero attached hydrogens (tertiary/aromatic N) is 1. The molecule has 1 fully saturated rings. The van der Waals surface area contributed by atoms with Crippen LogP contribution in [0.1, 0.15) is 49.0 Å². The first-order valence-electron chi connectivity index (χ1n) is 8.00. The summed E-state index contributed by atoms with van der Waals surface area (Å²) in [6.07, 6.45) is 4.64. The summed E-state index contributed by atoms with van der Waals surface area (Å²) in [5.74, 6) is 0.799. The lowest BCUT2D eigenvalue weighted by molar-refractivity contribution is 0.0695. The number of carboxylic acids is 1. The number of hydrogen-bond acceptors (Lipinski definition) is 2. The minimum absolute atomic E-state index is 0.441. The molecule has 3 nitrogen and oxygen atoms in total. The van der Waals surface area contributed by atoms with Gasteiger partial charge in [0.05, 0.1) is 5.56 Å². The predicted octanol–water partition coefficient (Wildman–Crippen LogP) is 3.68. The van der Waals surface area contributed by atoms with Crippen LogP contribution >= 0.6 is 0 Å². The molecule has 1 aromatic rings. The zero-order valence-corrected chi connectivity index (χ0v) is 13.4. The maximum atomic E-state index is 11.2. The standard InChI is InChI=1S/C18H27NO2/c1-13-8-9-16(12-14(13)2)19(3)11-10-15-6-4-5-7-17(15)18(20)21/h4-7,13-14,16H,8-12H2,1-3H3,(H,20,21). The van der Waals surface area contributed by atoms with E-state index in [4.69, 9.17) is 0 Å². The van der Waals surface area contributed by atoms with Crippen molar-refractivity contribution in [2.75, 3.05) is 13.6 Å². The second-order valence-corrected chi connectivity index (χ2v) is 6.61. The third-order valence-corrected chi connectivity index (χ3v) is 5.18. The fourth-order valence-corrected chi connectivity index (χ4v) is 3.35. The Kier molecular flexibility index (Phi) is 5.40. The molecule has 2 rings (SSSR count). The predicted molar refractivity (Wildman–Crippen MR) is 85.7 cm³/mol. The van der Waals surface area contributed by atoms with E-state index in [0.29, 0.717) is 11.6 Å². The molecule has 116 valence electrons. The molecule has 1 N–H and O–H groups in total. The van der Waals surface area contributed by atoms with Crippen molar-refractivity contribution >= 4 is 5.97 Å². The average molecular weight is 289 g/mol. The van der Waals surface area contributed by atoms with Gasteiger partial charge in [-0.25, -0.2) is 4.79 Å². The molecular weight excluding hydrogens is 262 g/mol. The maximum Gasteiger partial charge on any atom is 0.335 e. The second kappa shape index (κ2) is 7.08. The molecule has 3 heteroatoms. The highest BCUT2D eigenvalue weighted by atomic mass is 16.4. The van der Waals surface area contributed by atoms with E-state index in [1.807, 2.05) is 12.1 Å². The van der Waals surface area contributed by atoms with Crippen LogP contribution in [-0.2, 0) is 6.42 Å². The first kappa shape index (κ1) is 16.0. The summed E-state index contributed by atoms with van der Waals surface area (Å²) in [5.41, 5.74) is 1.38. The van der Waals surface area contributed by atoms with E-state index in [-0.39, 0.29) is 0 Å². The smallest absolute Gasteiger partial charge is 0.335 e. The van der Waals surface area contributed by atoms with E-state index in [0.717, 1.165) is 30.4 Å². The molecule has 0 radical (unpaired) electrons. The van der Waals surface area contributed by atoms with Crippen molar-refractivity contribution in [1.82, 2.24) is 4.90 Å². The van der Waals surface area contributed by atoms with Crippen molar-refractivity contribution in [3.63, 3.8) is 0 Å². The van der Waals surface area contributed by atoms with Gasteiger partial charge in [0.25, 0.3) is 0 Å². The number of likely N-dealkylation sites (N-methyl/N-ethyl adjacent to an activating group) is 1. The van der Waals surface area contributed by atoms with E-state index in [1.54, 1.807) is 12.1 Å². The zero-order valence-electron chi connectivity index (χ0n) is 13.4. The molecule has 3 atom stereocenters. The molecular formula is C18H27NO2. The summed E-state index contributed by atoms with van der Waals surface area (Å²) in [6, 6.07) is 7.99. The Hall–Kier alpha value is -1.35. The van der Waals surface area contributed by atoms with Crippen molar-refractivity contribution in [2.24, 2.45) is 11.8 Å². The van der Waals surface area contributed by atoms with Gasteiger partial charge in [0.2, 0.25) is 0 Å². The lowest BCUT2D eigenvalue weighted by atomic mass is 9.78. The number of benzene rings is 1. The van der Waals surface area contributed by atoms with Crippen LogP contribution < -0.4 is 0 Å². The van der Waals surface area contributed by atoms with Gasteiger partial charge < -0.3 is 10.0 Å². The molecule has 3 unspecified atom stereocenters. The number of carboxylic acid groups (broad SMARTS) is 1. The van der Waals surface area contributed by atoms with Gasteiger partial charge in [-0.15, -0.1) is 0 Å². The third-order valence-electron chi connectivity index (χ3n) is 5.18. The lowest BCUT2D eigenvalue weighted by Gasteiger charge is -2.37. The Morgan fingerprint density at radius 1 is 1.24 bits per heavy atom. The SMILES string of the molecule is CC1CCC(N(C)CCc2ccccc2C(=O)O)CC1C. The van der Waals surface area contributed by atoms with E-state index in [2.05, 4.69) is 25.8 Å². The number of carbonyl (C=O) groups is 1. The van der Waals surface area contributed by atoms with Crippen LogP contribution in [0.5, 0.6) is 0 Å². The molecule has 21 heavy (non-hydrogen) atoms. The molecule has 0 aromatic heterocycles. The molecule has 1 saturated carbocycles. The van der Waals surface area contributed by atoms with Crippen LogP contribution in [-0.4, -0.2) is 35.6 Å². The minimum atomic E-state index is -0.826. The molecule has 1 aromatic carbocycles. The monoisotopic (exact) mass is 289 g/mol. The van der Waals surface area contributed by atoms with E-state index >= 15 is 0 Å². The highest BCUT2D eigenvalue weighted by Gasteiger charge is 2.26. The summed E-state index contributed by atoms with van der Waals surface area (Å²) in [4.78, 5) is 13.7. The van der Waals surface area contributed by atoms with Crippen molar-refractivity contribution in [3.05, 3.63) is 35.4 Å². The Labute approximate surface area is 128 Å². The number of hydrogen-bond donors (Lipinski definition) is 1. The highest BCUT2D eigenvalue weighted by Crippen LogP contribution is 2.31. The number of rotatable bonds is 5. The quantitative estimate of drug-likeness (QED) is 0.899. The molecule has 0 bridgehead atoms. The normalized spacial score (nSPS) is 26.0. The van der Waals surface area contributed by atoms with Crippen molar-refractivity contribution in [3.8, 4) is 0 Å². The van der Waals surface area contributed by atoms with Gasteiger partial charge >= 0.3 is 5.97 Å². The highest BCUT2D eigenvalue weighted by molar-refractivity contribution is 5.89. The van der Waals surface area contributed by atoms with Gasteiger partial charge in [0, 0.05) is 12.6 Å². The average Bonchev–Trinajstić information content (AvgIpc) is 2.47. The van der Waals surface area contributed by atoms with Gasteiger partial charge in [0.15, 0.2) is 0 Å². The summed E-state index contributed by atoms with van der Waals surface area (Å²) in [6.45, 7) is 5.63. The van der Waals surface area contributed by atoms with Crippen molar-refractivity contribution in [1.29, 1.82) is 0 Å². The topological polar surface area (TPSA) is 40.5 Å². The molecule has 1 aliphatic carbocycles. The molecule has 0 heterocycles. The van der Waals surface area contributed by atoms with Gasteiger partial charge in [-0.3, -0.25) is 0 Å². The largest absolute Gasteiger partial charge is 0.478 e. The molecule has 0 aliphatic heterocycles. The number of aromatic carboxylic acids is 1. The van der Waals surface area contributed by atoms with Gasteiger partial charge in [0.1, 0.15) is 0 Å². The summed E-state index contributed by atoms with van der Waals surface area (Å²) >= 11 is 0. The van der Waals surface area contributed by atoms with Gasteiger partial charge in [-0.1, -0.05) is 32.0 Å². The van der Waals surface area contributed by atoms with E-state index in [9.17, 15) is 9.90 Å². The fraction of sp³-hybridized carbons (Fsp3) is 0.611. The van der Waals surface area contributed by atoms with Crippen LogP contribution in [0.3, 0.4) is 0 Å².